The summed E-state index contributed by atoms with van der Waals surface area (Å²) in [5.41, 5.74) is 2.39. The molecule has 0 saturated carbocycles. The number of hydrogen-bond acceptors (Lipinski definition) is 2. The van der Waals surface area contributed by atoms with Crippen LogP contribution in [0.1, 0.15) is 42.6 Å². The molecule has 0 saturated heterocycles. The van der Waals surface area contributed by atoms with Crippen LogP contribution < -0.4 is 0 Å². The molecule has 2 unspecified atom stereocenters. The van der Waals surface area contributed by atoms with Gasteiger partial charge < -0.3 is 10.2 Å². The molecule has 0 heterocycles. The van der Waals surface area contributed by atoms with Crippen molar-refractivity contribution in [2.45, 2.75) is 32.3 Å². The molecule has 0 radical (unpaired) electrons. The van der Waals surface area contributed by atoms with Gasteiger partial charge in [-0.25, -0.2) is 4.39 Å². The Balaban J connectivity index is 2.23. The molecule has 2 aromatic rings. The standard InChI is InChI=1S/C19H21FO3/c1-12(2)15-5-3-4-13(10-15)11-17(19(22)23)18(21)14-6-8-16(20)9-7-14/h3-10,12,17-18,21H,11H2,1-2H3,(H,22,23). The van der Waals surface area contributed by atoms with Gasteiger partial charge in [0.2, 0.25) is 0 Å². The molecule has 0 aliphatic heterocycles. The van der Waals surface area contributed by atoms with Crippen LogP contribution in [0.5, 0.6) is 0 Å². The molecule has 0 bridgehead atoms. The molecule has 2 N–H and O–H groups in total. The monoisotopic (exact) mass is 316 g/mol. The highest BCUT2D eigenvalue weighted by Crippen LogP contribution is 2.27. The second-order valence-corrected chi connectivity index (χ2v) is 6.04. The minimum Gasteiger partial charge on any atom is -0.481 e. The number of carboxylic acids is 1. The average Bonchev–Trinajstić information content (AvgIpc) is 2.52. The van der Waals surface area contributed by atoms with E-state index >= 15 is 0 Å². The number of carboxylic acid groups (broad SMARTS) is 1. The largest absolute Gasteiger partial charge is 0.481 e. The Morgan fingerprint density at radius 2 is 1.74 bits per heavy atom. The fourth-order valence-corrected chi connectivity index (χ4v) is 2.56. The van der Waals surface area contributed by atoms with E-state index in [2.05, 4.69) is 13.8 Å². The zero-order valence-electron chi connectivity index (χ0n) is 13.2. The van der Waals surface area contributed by atoms with Crippen LogP contribution in [0.3, 0.4) is 0 Å². The van der Waals surface area contributed by atoms with E-state index in [4.69, 9.17) is 0 Å². The first-order valence-electron chi connectivity index (χ1n) is 7.63. The summed E-state index contributed by atoms with van der Waals surface area (Å²) in [5.74, 6) is -2.13. The average molecular weight is 316 g/mol. The van der Waals surface area contributed by atoms with Crippen LogP contribution in [0.15, 0.2) is 48.5 Å². The van der Waals surface area contributed by atoms with Crippen LogP contribution in [-0.4, -0.2) is 16.2 Å². The molecule has 23 heavy (non-hydrogen) atoms. The molecule has 0 fully saturated rings. The van der Waals surface area contributed by atoms with E-state index in [1.807, 2.05) is 24.3 Å². The fourth-order valence-electron chi connectivity index (χ4n) is 2.56. The third-order valence-electron chi connectivity index (χ3n) is 3.98. The van der Waals surface area contributed by atoms with E-state index in [9.17, 15) is 19.4 Å². The highest BCUT2D eigenvalue weighted by molar-refractivity contribution is 5.71. The van der Waals surface area contributed by atoms with E-state index in [1.54, 1.807) is 0 Å². The Bertz CT molecular complexity index is 665. The summed E-state index contributed by atoms with van der Waals surface area (Å²) in [6.07, 6.45) is -0.968. The van der Waals surface area contributed by atoms with Gasteiger partial charge in [-0.05, 0) is 41.2 Å². The molecule has 0 aliphatic rings. The van der Waals surface area contributed by atoms with Crippen molar-refractivity contribution in [1.29, 1.82) is 0 Å². The van der Waals surface area contributed by atoms with Crippen molar-refractivity contribution in [1.82, 2.24) is 0 Å². The highest BCUT2D eigenvalue weighted by Gasteiger charge is 2.28. The number of aliphatic hydroxyl groups is 1. The van der Waals surface area contributed by atoms with Gasteiger partial charge in [-0.3, -0.25) is 4.79 Å². The molecule has 3 nitrogen and oxygen atoms in total. The maximum absolute atomic E-state index is 13.0. The summed E-state index contributed by atoms with van der Waals surface area (Å²) in [6, 6.07) is 13.0. The summed E-state index contributed by atoms with van der Waals surface area (Å²) in [5, 5.41) is 19.8. The highest BCUT2D eigenvalue weighted by atomic mass is 19.1. The van der Waals surface area contributed by atoms with Crippen LogP contribution in [0.25, 0.3) is 0 Å². The first kappa shape index (κ1) is 17.2. The zero-order chi connectivity index (χ0) is 17.0. The van der Waals surface area contributed by atoms with Crippen LogP contribution in [0, 0.1) is 11.7 Å². The molecule has 0 aromatic heterocycles. The second-order valence-electron chi connectivity index (χ2n) is 6.04. The van der Waals surface area contributed by atoms with Crippen LogP contribution in [0.2, 0.25) is 0 Å². The van der Waals surface area contributed by atoms with Crippen molar-refractivity contribution in [3.05, 3.63) is 71.0 Å². The lowest BCUT2D eigenvalue weighted by molar-refractivity contribution is -0.145. The Morgan fingerprint density at radius 1 is 1.09 bits per heavy atom. The smallest absolute Gasteiger partial charge is 0.309 e. The topological polar surface area (TPSA) is 57.5 Å². The summed E-state index contributed by atoms with van der Waals surface area (Å²) < 4.78 is 13.0. The van der Waals surface area contributed by atoms with Gasteiger partial charge in [0.15, 0.2) is 0 Å². The van der Waals surface area contributed by atoms with E-state index in [1.165, 1.54) is 24.3 Å². The maximum atomic E-state index is 13.0. The molecule has 2 aromatic carbocycles. The van der Waals surface area contributed by atoms with Crippen molar-refractivity contribution in [3.63, 3.8) is 0 Å². The summed E-state index contributed by atoms with van der Waals surface area (Å²) in [4.78, 5) is 11.6. The first-order valence-corrected chi connectivity index (χ1v) is 7.63. The van der Waals surface area contributed by atoms with Crippen molar-refractivity contribution < 1.29 is 19.4 Å². The molecule has 0 amide bonds. The normalized spacial score (nSPS) is 13.8. The quantitative estimate of drug-likeness (QED) is 0.849. The first-order chi connectivity index (χ1) is 10.9. The predicted molar refractivity (Wildman–Crippen MR) is 86.7 cm³/mol. The number of hydrogen-bond donors (Lipinski definition) is 2. The van der Waals surface area contributed by atoms with Crippen LogP contribution >= 0.6 is 0 Å². The molecule has 122 valence electrons. The molecule has 2 rings (SSSR count). The Labute approximate surface area is 135 Å². The lowest BCUT2D eigenvalue weighted by Crippen LogP contribution is -2.24. The molecular weight excluding hydrogens is 295 g/mol. The number of aliphatic carboxylic acids is 1. The lowest BCUT2D eigenvalue weighted by atomic mass is 9.88. The van der Waals surface area contributed by atoms with Crippen molar-refractivity contribution >= 4 is 5.97 Å². The zero-order valence-corrected chi connectivity index (χ0v) is 13.2. The van der Waals surface area contributed by atoms with Gasteiger partial charge in [-0.1, -0.05) is 50.2 Å². The Kier molecular flexibility index (Phi) is 5.50. The van der Waals surface area contributed by atoms with Gasteiger partial charge in [-0.15, -0.1) is 0 Å². The second kappa shape index (κ2) is 7.38. The summed E-state index contributed by atoms with van der Waals surface area (Å²) in [6.45, 7) is 4.14. The molecule has 4 heteroatoms. The summed E-state index contributed by atoms with van der Waals surface area (Å²) >= 11 is 0. The molecule has 0 spiro atoms. The Hall–Kier alpha value is -2.20. The van der Waals surface area contributed by atoms with Crippen molar-refractivity contribution in [2.24, 2.45) is 5.92 Å². The number of halogens is 1. The SMILES string of the molecule is CC(C)c1cccc(CC(C(=O)O)C(O)c2ccc(F)cc2)c1. The fraction of sp³-hybridized carbons (Fsp3) is 0.316. The number of carbonyl (C=O) groups is 1. The molecular formula is C19H21FO3. The number of aliphatic hydroxyl groups excluding tert-OH is 1. The Morgan fingerprint density at radius 3 is 2.30 bits per heavy atom. The maximum Gasteiger partial charge on any atom is 0.309 e. The number of benzene rings is 2. The predicted octanol–water partition coefficient (Wildman–Crippen LogP) is 3.93. The van der Waals surface area contributed by atoms with Crippen LogP contribution in [-0.2, 0) is 11.2 Å². The summed E-state index contributed by atoms with van der Waals surface area (Å²) in [7, 11) is 0. The van der Waals surface area contributed by atoms with Gasteiger partial charge in [0.05, 0.1) is 12.0 Å². The van der Waals surface area contributed by atoms with Crippen molar-refractivity contribution in [2.75, 3.05) is 0 Å². The third kappa shape index (κ3) is 4.39. The van der Waals surface area contributed by atoms with E-state index in [0.717, 1.165) is 11.1 Å². The molecule has 2 atom stereocenters. The van der Waals surface area contributed by atoms with E-state index in [0.29, 0.717) is 11.5 Å². The van der Waals surface area contributed by atoms with E-state index in [-0.39, 0.29) is 6.42 Å². The van der Waals surface area contributed by atoms with Gasteiger partial charge in [-0.2, -0.15) is 0 Å². The van der Waals surface area contributed by atoms with Gasteiger partial charge in [0.25, 0.3) is 0 Å². The van der Waals surface area contributed by atoms with Crippen molar-refractivity contribution in [3.8, 4) is 0 Å². The number of rotatable bonds is 6. The molecule has 0 aliphatic carbocycles. The minimum absolute atomic E-state index is 0.217. The lowest BCUT2D eigenvalue weighted by Gasteiger charge is -2.20. The third-order valence-corrected chi connectivity index (χ3v) is 3.98. The van der Waals surface area contributed by atoms with Gasteiger partial charge in [0.1, 0.15) is 5.82 Å². The van der Waals surface area contributed by atoms with Gasteiger partial charge >= 0.3 is 5.97 Å². The minimum atomic E-state index is -1.18. The van der Waals surface area contributed by atoms with Gasteiger partial charge in [0, 0.05) is 0 Å². The van der Waals surface area contributed by atoms with E-state index < -0.39 is 23.8 Å². The van der Waals surface area contributed by atoms with Crippen LogP contribution in [0.4, 0.5) is 4.39 Å².